The van der Waals surface area contributed by atoms with E-state index in [1.54, 1.807) is 11.0 Å². The van der Waals surface area contributed by atoms with Gasteiger partial charge < -0.3 is 4.74 Å². The number of aryl methyl sites for hydroxylation is 1. The van der Waals surface area contributed by atoms with Gasteiger partial charge in [-0.15, -0.1) is 0 Å². The van der Waals surface area contributed by atoms with E-state index >= 15 is 0 Å². The molecule has 1 fully saturated rings. The van der Waals surface area contributed by atoms with E-state index in [0.717, 1.165) is 29.8 Å². The highest BCUT2D eigenvalue weighted by Gasteiger charge is 2.40. The molecule has 0 bridgehead atoms. The first-order chi connectivity index (χ1) is 12.7. The summed E-state index contributed by atoms with van der Waals surface area (Å²) in [5.74, 6) is 0.929. The molecule has 0 spiro atoms. The number of ether oxygens (including phenoxy) is 1. The van der Waals surface area contributed by atoms with Gasteiger partial charge >= 0.3 is 0 Å². The number of rotatable bonds is 5. The Morgan fingerprint density at radius 2 is 1.85 bits per heavy atom. The minimum atomic E-state index is -0.221. The Morgan fingerprint density at radius 1 is 1.08 bits per heavy atom. The van der Waals surface area contributed by atoms with E-state index in [-0.39, 0.29) is 23.8 Å². The van der Waals surface area contributed by atoms with Gasteiger partial charge in [0.05, 0.1) is 12.7 Å². The molecule has 0 N–H and O–H groups in total. The highest BCUT2D eigenvalue weighted by molar-refractivity contribution is 5.27. The van der Waals surface area contributed by atoms with E-state index in [4.69, 9.17) is 4.74 Å². The molecule has 1 aliphatic carbocycles. The smallest absolute Gasteiger partial charge is 0.154 e. The third-order valence-electron chi connectivity index (χ3n) is 5.11. The Labute approximate surface area is 152 Å². The predicted octanol–water partition coefficient (Wildman–Crippen LogP) is 4.20. The van der Waals surface area contributed by atoms with Gasteiger partial charge in [-0.25, -0.2) is 9.37 Å². The van der Waals surface area contributed by atoms with Crippen molar-refractivity contribution in [3.05, 3.63) is 83.7 Å². The molecule has 3 aromatic rings. The van der Waals surface area contributed by atoms with Gasteiger partial charge in [-0.2, -0.15) is 5.10 Å². The van der Waals surface area contributed by atoms with Gasteiger partial charge in [-0.05, 0) is 36.1 Å². The van der Waals surface area contributed by atoms with Crippen LogP contribution in [0.2, 0.25) is 0 Å². The zero-order chi connectivity index (χ0) is 17.9. The molecule has 4 nitrogen and oxygen atoms in total. The van der Waals surface area contributed by atoms with Crippen LogP contribution >= 0.6 is 0 Å². The van der Waals surface area contributed by atoms with Crippen LogP contribution in [0.5, 0.6) is 0 Å². The summed E-state index contributed by atoms with van der Waals surface area (Å²) >= 11 is 0. The van der Waals surface area contributed by atoms with Crippen molar-refractivity contribution in [2.45, 2.75) is 37.4 Å². The van der Waals surface area contributed by atoms with Crippen LogP contribution in [-0.4, -0.2) is 20.9 Å². The molecule has 1 aliphatic rings. The van der Waals surface area contributed by atoms with Crippen LogP contribution in [0.1, 0.15) is 41.6 Å². The molecule has 1 aromatic heterocycles. The number of benzene rings is 2. The van der Waals surface area contributed by atoms with Crippen LogP contribution in [0, 0.1) is 5.82 Å². The second-order valence-electron chi connectivity index (χ2n) is 6.87. The monoisotopic (exact) mass is 351 g/mol. The average molecular weight is 351 g/mol. The highest BCUT2D eigenvalue weighted by Crippen LogP contribution is 2.46. The van der Waals surface area contributed by atoms with Gasteiger partial charge in [0, 0.05) is 18.9 Å². The molecule has 3 unspecified atom stereocenters. The Kier molecular flexibility index (Phi) is 4.80. The first kappa shape index (κ1) is 16.9. The Bertz CT molecular complexity index is 847. The van der Waals surface area contributed by atoms with E-state index in [1.807, 2.05) is 37.4 Å². The summed E-state index contributed by atoms with van der Waals surface area (Å²) in [4.78, 5) is 4.47. The second kappa shape index (κ2) is 7.38. The fourth-order valence-corrected chi connectivity index (χ4v) is 3.87. The number of nitrogens with zero attached hydrogens (tertiary/aromatic N) is 3. The second-order valence-corrected chi connectivity index (χ2v) is 6.87. The third-order valence-corrected chi connectivity index (χ3v) is 5.11. The zero-order valence-electron chi connectivity index (χ0n) is 14.8. The number of hydrogen-bond acceptors (Lipinski definition) is 3. The van der Waals surface area contributed by atoms with Crippen molar-refractivity contribution >= 4 is 0 Å². The lowest BCUT2D eigenvalue weighted by Crippen LogP contribution is -2.20. The maximum atomic E-state index is 13.4. The maximum Gasteiger partial charge on any atom is 0.154 e. The molecule has 0 radical (unpaired) electrons. The summed E-state index contributed by atoms with van der Waals surface area (Å²) in [7, 11) is 1.88. The molecule has 1 saturated carbocycles. The van der Waals surface area contributed by atoms with Crippen molar-refractivity contribution in [1.82, 2.24) is 14.8 Å². The van der Waals surface area contributed by atoms with Gasteiger partial charge in [0.1, 0.15) is 12.1 Å². The van der Waals surface area contributed by atoms with Gasteiger partial charge in [0.2, 0.25) is 0 Å². The maximum absolute atomic E-state index is 13.4. The van der Waals surface area contributed by atoms with Crippen molar-refractivity contribution < 1.29 is 9.13 Å². The normalized spacial score (nSPS) is 22.6. The van der Waals surface area contributed by atoms with Crippen molar-refractivity contribution in [1.29, 1.82) is 0 Å². The number of halogens is 1. The summed E-state index contributed by atoms with van der Waals surface area (Å²) in [6.07, 6.45) is 3.70. The molecule has 3 atom stereocenters. The van der Waals surface area contributed by atoms with Crippen LogP contribution in [-0.2, 0) is 18.4 Å². The lowest BCUT2D eigenvalue weighted by Gasteiger charge is -2.24. The summed E-state index contributed by atoms with van der Waals surface area (Å²) in [5, 5.41) is 4.51. The fraction of sp³-hybridized carbons (Fsp3) is 0.333. The van der Waals surface area contributed by atoms with Crippen LogP contribution in [0.4, 0.5) is 4.39 Å². The van der Waals surface area contributed by atoms with Gasteiger partial charge in [-0.1, -0.05) is 42.5 Å². The zero-order valence-corrected chi connectivity index (χ0v) is 14.8. The third kappa shape index (κ3) is 3.53. The van der Waals surface area contributed by atoms with Gasteiger partial charge in [0.15, 0.2) is 5.82 Å². The van der Waals surface area contributed by atoms with Crippen molar-refractivity contribution in [2.24, 2.45) is 7.05 Å². The van der Waals surface area contributed by atoms with E-state index < -0.39 is 0 Å². The first-order valence-corrected chi connectivity index (χ1v) is 8.97. The minimum Gasteiger partial charge on any atom is -0.373 e. The molecule has 5 heteroatoms. The van der Waals surface area contributed by atoms with Gasteiger partial charge in [-0.3, -0.25) is 4.68 Å². The van der Waals surface area contributed by atoms with E-state index in [1.165, 1.54) is 12.1 Å². The number of hydrogen-bond donors (Lipinski definition) is 0. The Hall–Kier alpha value is -2.53. The van der Waals surface area contributed by atoms with Crippen LogP contribution < -0.4 is 0 Å². The number of aromatic nitrogens is 3. The Balaban J connectivity index is 1.59. The standard InChI is InChI=1S/C21H22FN3O/c1-25-14-23-21(24-25)18-11-12-19(26-13-15-5-3-2-4-6-15)20(18)16-7-9-17(22)10-8-16/h2-10,14,18-20H,11-13H2,1H3. The molecule has 26 heavy (non-hydrogen) atoms. The van der Waals surface area contributed by atoms with E-state index in [2.05, 4.69) is 22.2 Å². The van der Waals surface area contributed by atoms with Gasteiger partial charge in [0.25, 0.3) is 0 Å². The van der Waals surface area contributed by atoms with Crippen molar-refractivity contribution in [3.63, 3.8) is 0 Å². The first-order valence-electron chi connectivity index (χ1n) is 8.97. The molecule has 2 aromatic carbocycles. The van der Waals surface area contributed by atoms with Crippen molar-refractivity contribution in [3.8, 4) is 0 Å². The average Bonchev–Trinajstić information content (AvgIpc) is 3.27. The van der Waals surface area contributed by atoms with E-state index in [0.29, 0.717) is 6.61 Å². The molecule has 1 heterocycles. The van der Waals surface area contributed by atoms with E-state index in [9.17, 15) is 4.39 Å². The largest absolute Gasteiger partial charge is 0.373 e. The molecule has 0 amide bonds. The van der Waals surface area contributed by atoms with Crippen LogP contribution in [0.15, 0.2) is 60.9 Å². The van der Waals surface area contributed by atoms with Crippen LogP contribution in [0.3, 0.4) is 0 Å². The molecular weight excluding hydrogens is 329 g/mol. The molecule has 0 aliphatic heterocycles. The minimum absolute atomic E-state index is 0.0643. The molecule has 134 valence electrons. The summed E-state index contributed by atoms with van der Waals surface area (Å²) in [6, 6.07) is 16.9. The van der Waals surface area contributed by atoms with Crippen LogP contribution in [0.25, 0.3) is 0 Å². The molecule has 4 rings (SSSR count). The molecular formula is C21H22FN3O. The molecule has 0 saturated heterocycles. The Morgan fingerprint density at radius 3 is 2.54 bits per heavy atom. The fourth-order valence-electron chi connectivity index (χ4n) is 3.87. The lowest BCUT2D eigenvalue weighted by molar-refractivity contribution is 0.0325. The SMILES string of the molecule is Cn1cnc(C2CCC(OCc3ccccc3)C2c2ccc(F)cc2)n1. The predicted molar refractivity (Wildman–Crippen MR) is 97.1 cm³/mol. The summed E-state index contributed by atoms with van der Waals surface area (Å²) < 4.78 is 21.4. The van der Waals surface area contributed by atoms with Crippen molar-refractivity contribution in [2.75, 3.05) is 0 Å². The topological polar surface area (TPSA) is 39.9 Å². The summed E-state index contributed by atoms with van der Waals surface area (Å²) in [6.45, 7) is 0.575. The highest BCUT2D eigenvalue weighted by atomic mass is 19.1. The quantitative estimate of drug-likeness (QED) is 0.692. The lowest BCUT2D eigenvalue weighted by atomic mass is 9.87. The summed E-state index contributed by atoms with van der Waals surface area (Å²) in [5.41, 5.74) is 2.24.